The topological polar surface area (TPSA) is 67.9 Å². The van der Waals surface area contributed by atoms with Gasteiger partial charge in [0, 0.05) is 25.1 Å². The van der Waals surface area contributed by atoms with E-state index in [4.69, 9.17) is 9.47 Å². The van der Waals surface area contributed by atoms with Crippen LogP contribution >= 0.6 is 0 Å². The normalized spacial score (nSPS) is 11.7. The van der Waals surface area contributed by atoms with Crippen LogP contribution < -0.4 is 14.8 Å². The lowest BCUT2D eigenvalue weighted by molar-refractivity contribution is -0.140. The van der Waals surface area contributed by atoms with Crippen molar-refractivity contribution in [1.29, 1.82) is 0 Å². The predicted octanol–water partition coefficient (Wildman–Crippen LogP) is 4.75. The Hall–Kier alpha value is -3.09. The van der Waals surface area contributed by atoms with Crippen LogP contribution in [0, 0.1) is 11.7 Å². The molecule has 6 nitrogen and oxygen atoms in total. The number of carbonyl (C=O) groups excluding carboxylic acids is 2. The maximum Gasteiger partial charge on any atom is 0.242 e. The number of hydrogen-bond donors (Lipinski definition) is 1. The fraction of sp³-hybridized carbons (Fsp3) is 0.481. The minimum atomic E-state index is -0.731. The number of nitrogens with zero attached hydrogens (tertiary/aromatic N) is 1. The Morgan fingerprint density at radius 3 is 2.32 bits per heavy atom. The smallest absolute Gasteiger partial charge is 0.242 e. The highest BCUT2D eigenvalue weighted by atomic mass is 19.1. The van der Waals surface area contributed by atoms with E-state index in [1.807, 2.05) is 45.9 Å². The third kappa shape index (κ3) is 8.04. The molecule has 2 aromatic rings. The van der Waals surface area contributed by atoms with Crippen LogP contribution in [0.2, 0.25) is 0 Å². The summed E-state index contributed by atoms with van der Waals surface area (Å²) in [6.45, 7) is 11.1. The van der Waals surface area contributed by atoms with Gasteiger partial charge in [0.05, 0.1) is 13.2 Å². The van der Waals surface area contributed by atoms with Gasteiger partial charge < -0.3 is 19.7 Å². The molecule has 0 heterocycles. The molecule has 0 aromatic heterocycles. The summed E-state index contributed by atoms with van der Waals surface area (Å²) in [5.41, 5.74) is 1.29. The van der Waals surface area contributed by atoms with E-state index in [1.165, 1.54) is 11.0 Å². The van der Waals surface area contributed by atoms with Gasteiger partial charge >= 0.3 is 0 Å². The maximum absolute atomic E-state index is 14.3. The van der Waals surface area contributed by atoms with Crippen LogP contribution in [0.25, 0.3) is 0 Å². The van der Waals surface area contributed by atoms with Gasteiger partial charge in [-0.3, -0.25) is 9.59 Å². The molecule has 0 bridgehead atoms. The van der Waals surface area contributed by atoms with E-state index >= 15 is 0 Å². The number of benzene rings is 2. The second-order valence-corrected chi connectivity index (χ2v) is 8.58. The Balaban J connectivity index is 2.18. The number of halogens is 1. The van der Waals surface area contributed by atoms with Gasteiger partial charge in [0.1, 0.15) is 11.9 Å². The Kier molecular flexibility index (Phi) is 10.8. The first-order valence-electron chi connectivity index (χ1n) is 12.0. The van der Waals surface area contributed by atoms with Crippen LogP contribution in [0.3, 0.4) is 0 Å². The number of aryl methyl sites for hydroxylation is 1. The zero-order chi connectivity index (χ0) is 25.1. The van der Waals surface area contributed by atoms with E-state index in [9.17, 15) is 14.0 Å². The summed E-state index contributed by atoms with van der Waals surface area (Å²) in [6, 6.07) is 11.2. The Morgan fingerprint density at radius 1 is 1.00 bits per heavy atom. The highest BCUT2D eigenvalue weighted by molar-refractivity contribution is 5.87. The van der Waals surface area contributed by atoms with Crippen molar-refractivity contribution in [2.45, 2.75) is 60.0 Å². The van der Waals surface area contributed by atoms with Gasteiger partial charge in [-0.25, -0.2) is 4.39 Å². The molecule has 0 radical (unpaired) electrons. The third-order valence-corrected chi connectivity index (χ3v) is 5.39. The average Bonchev–Trinajstić information content (AvgIpc) is 2.81. The molecule has 7 heteroatoms. The number of carbonyl (C=O) groups is 2. The Labute approximate surface area is 202 Å². The number of ether oxygens (including phenoxy) is 2. The summed E-state index contributed by atoms with van der Waals surface area (Å²) >= 11 is 0. The summed E-state index contributed by atoms with van der Waals surface area (Å²) in [7, 11) is 0. The summed E-state index contributed by atoms with van der Waals surface area (Å²) in [5, 5.41) is 2.87. The van der Waals surface area contributed by atoms with E-state index < -0.39 is 11.9 Å². The van der Waals surface area contributed by atoms with Gasteiger partial charge in [-0.2, -0.15) is 0 Å². The van der Waals surface area contributed by atoms with Crippen molar-refractivity contribution >= 4 is 11.8 Å². The van der Waals surface area contributed by atoms with Crippen LogP contribution in [0.15, 0.2) is 42.5 Å². The predicted molar refractivity (Wildman–Crippen MR) is 131 cm³/mol. The first kappa shape index (κ1) is 27.2. The second kappa shape index (κ2) is 13.6. The van der Waals surface area contributed by atoms with Gasteiger partial charge in [0.2, 0.25) is 11.8 Å². The molecule has 0 saturated carbocycles. The molecule has 0 spiro atoms. The zero-order valence-corrected chi connectivity index (χ0v) is 20.9. The number of rotatable bonds is 13. The van der Waals surface area contributed by atoms with Gasteiger partial charge in [-0.05, 0) is 56.9 Å². The number of hydrogen-bond acceptors (Lipinski definition) is 4. The first-order chi connectivity index (χ1) is 16.3. The van der Waals surface area contributed by atoms with E-state index in [2.05, 4.69) is 5.32 Å². The molecule has 1 N–H and O–H groups in total. The molecule has 0 aliphatic heterocycles. The van der Waals surface area contributed by atoms with Crippen LogP contribution in [-0.4, -0.2) is 42.5 Å². The lowest BCUT2D eigenvalue weighted by Gasteiger charge is -2.29. The SMILES string of the molecule is CCOc1ccc(CCC(=O)N(Cc2ccccc2F)C(C)C(=O)NCC(C)C)cc1OCC. The molecule has 0 fully saturated rings. The Morgan fingerprint density at radius 2 is 1.68 bits per heavy atom. The molecule has 0 aliphatic carbocycles. The lowest BCUT2D eigenvalue weighted by atomic mass is 10.1. The highest BCUT2D eigenvalue weighted by Crippen LogP contribution is 2.29. The van der Waals surface area contributed by atoms with Crippen LogP contribution in [0.5, 0.6) is 11.5 Å². The number of amides is 2. The Bertz CT molecular complexity index is 948. The fourth-order valence-electron chi connectivity index (χ4n) is 3.49. The van der Waals surface area contributed by atoms with Gasteiger partial charge in [0.25, 0.3) is 0 Å². The van der Waals surface area contributed by atoms with Crippen molar-refractivity contribution in [2.75, 3.05) is 19.8 Å². The van der Waals surface area contributed by atoms with Gasteiger partial charge in [-0.15, -0.1) is 0 Å². The summed E-state index contributed by atoms with van der Waals surface area (Å²) in [6.07, 6.45) is 0.634. The molecule has 186 valence electrons. The van der Waals surface area contributed by atoms with E-state index in [0.717, 1.165) is 5.56 Å². The van der Waals surface area contributed by atoms with Crippen molar-refractivity contribution in [3.8, 4) is 11.5 Å². The summed E-state index contributed by atoms with van der Waals surface area (Å²) in [5.74, 6) is 0.712. The van der Waals surface area contributed by atoms with Crippen molar-refractivity contribution in [1.82, 2.24) is 10.2 Å². The number of nitrogens with one attached hydrogen (secondary N) is 1. The fourth-order valence-corrected chi connectivity index (χ4v) is 3.49. The summed E-state index contributed by atoms with van der Waals surface area (Å²) in [4.78, 5) is 27.4. The van der Waals surface area contributed by atoms with Crippen molar-refractivity contribution in [2.24, 2.45) is 5.92 Å². The minimum Gasteiger partial charge on any atom is -0.490 e. The van der Waals surface area contributed by atoms with Crippen LogP contribution in [-0.2, 0) is 22.6 Å². The van der Waals surface area contributed by atoms with E-state index in [1.54, 1.807) is 25.1 Å². The molecule has 0 saturated heterocycles. The minimum absolute atomic E-state index is 0.0231. The van der Waals surface area contributed by atoms with E-state index in [-0.39, 0.29) is 30.7 Å². The average molecular weight is 473 g/mol. The van der Waals surface area contributed by atoms with Gasteiger partial charge in [-0.1, -0.05) is 38.1 Å². The highest BCUT2D eigenvalue weighted by Gasteiger charge is 2.26. The molecule has 2 aromatic carbocycles. The second-order valence-electron chi connectivity index (χ2n) is 8.58. The molecule has 1 unspecified atom stereocenters. The molecule has 2 rings (SSSR count). The molecular formula is C27H37FN2O4. The van der Waals surface area contributed by atoms with Crippen molar-refractivity contribution in [3.05, 3.63) is 59.4 Å². The third-order valence-electron chi connectivity index (χ3n) is 5.39. The lowest BCUT2D eigenvalue weighted by Crippen LogP contribution is -2.48. The van der Waals surface area contributed by atoms with Crippen molar-refractivity contribution < 1.29 is 23.5 Å². The van der Waals surface area contributed by atoms with Crippen LogP contribution in [0.1, 0.15) is 52.2 Å². The quantitative estimate of drug-likeness (QED) is 0.457. The van der Waals surface area contributed by atoms with E-state index in [0.29, 0.717) is 43.2 Å². The summed E-state index contributed by atoms with van der Waals surface area (Å²) < 4.78 is 25.6. The standard InChI is InChI=1S/C27H37FN2O4/c1-6-33-24-14-12-21(16-25(24)34-7-2)13-15-26(31)30(18-22-10-8-9-11-23(22)28)20(5)27(32)29-17-19(3)4/h8-12,14,16,19-20H,6-7,13,15,17-18H2,1-5H3,(H,29,32). The van der Waals surface area contributed by atoms with Gasteiger partial charge in [0.15, 0.2) is 11.5 Å². The van der Waals surface area contributed by atoms with Crippen LogP contribution in [0.4, 0.5) is 4.39 Å². The largest absolute Gasteiger partial charge is 0.490 e. The first-order valence-corrected chi connectivity index (χ1v) is 12.0. The van der Waals surface area contributed by atoms with Crippen molar-refractivity contribution in [3.63, 3.8) is 0 Å². The maximum atomic E-state index is 14.3. The monoisotopic (exact) mass is 472 g/mol. The molecule has 0 aliphatic rings. The zero-order valence-electron chi connectivity index (χ0n) is 20.9. The molecule has 2 amide bonds. The molecule has 34 heavy (non-hydrogen) atoms. The molecule has 1 atom stereocenters. The molecular weight excluding hydrogens is 435 g/mol.